The van der Waals surface area contributed by atoms with Crippen molar-refractivity contribution < 1.29 is 0 Å². The smallest absolute Gasteiger partial charge is 0.0130 e. The van der Waals surface area contributed by atoms with Gasteiger partial charge in [-0.2, -0.15) is 0 Å². The van der Waals surface area contributed by atoms with E-state index in [1.807, 2.05) is 0 Å². The van der Waals surface area contributed by atoms with Crippen molar-refractivity contribution in [1.29, 1.82) is 0 Å². The van der Waals surface area contributed by atoms with Gasteiger partial charge in [-0.05, 0) is 52.4 Å². The van der Waals surface area contributed by atoms with Crippen LogP contribution in [0.5, 0.6) is 0 Å². The third-order valence-corrected chi connectivity index (χ3v) is 3.74. The standard InChI is InChI=1S/C12H23N/c1-9-7-10-5-6-11(8-9)13(10)12(2,3)4/h9-11H,5-8H2,1-4H3/t9-,10+,11-. The first-order valence-corrected chi connectivity index (χ1v) is 5.77. The van der Waals surface area contributed by atoms with Crippen LogP contribution < -0.4 is 0 Å². The molecule has 2 heterocycles. The average molecular weight is 181 g/mol. The minimum absolute atomic E-state index is 0.395. The number of piperidine rings is 1. The Balaban J connectivity index is 2.15. The fraction of sp³-hybridized carbons (Fsp3) is 1.00. The molecule has 0 aromatic heterocycles. The summed E-state index contributed by atoms with van der Waals surface area (Å²) in [4.78, 5) is 2.78. The van der Waals surface area contributed by atoms with Crippen molar-refractivity contribution in [2.75, 3.05) is 0 Å². The molecular weight excluding hydrogens is 158 g/mol. The first kappa shape index (κ1) is 9.51. The van der Waals surface area contributed by atoms with Crippen LogP contribution in [0.2, 0.25) is 0 Å². The Morgan fingerprint density at radius 2 is 1.46 bits per heavy atom. The van der Waals surface area contributed by atoms with Gasteiger partial charge in [-0.15, -0.1) is 0 Å². The highest BCUT2D eigenvalue weighted by Gasteiger charge is 2.43. The quantitative estimate of drug-likeness (QED) is 0.555. The topological polar surface area (TPSA) is 3.24 Å². The molecule has 0 amide bonds. The lowest BCUT2D eigenvalue weighted by Crippen LogP contribution is -2.52. The molecular formula is C12H23N. The van der Waals surface area contributed by atoms with Crippen LogP contribution in [-0.4, -0.2) is 22.5 Å². The summed E-state index contributed by atoms with van der Waals surface area (Å²) >= 11 is 0. The lowest BCUT2D eigenvalue weighted by molar-refractivity contribution is 0.0258. The van der Waals surface area contributed by atoms with E-state index >= 15 is 0 Å². The van der Waals surface area contributed by atoms with Gasteiger partial charge in [0.1, 0.15) is 0 Å². The molecule has 0 spiro atoms. The largest absolute Gasteiger partial charge is 0.293 e. The van der Waals surface area contributed by atoms with Crippen LogP contribution in [0.25, 0.3) is 0 Å². The van der Waals surface area contributed by atoms with Crippen LogP contribution in [0.15, 0.2) is 0 Å². The van der Waals surface area contributed by atoms with E-state index in [0.29, 0.717) is 5.54 Å². The third-order valence-electron chi connectivity index (χ3n) is 3.74. The van der Waals surface area contributed by atoms with Gasteiger partial charge in [0, 0.05) is 17.6 Å². The predicted molar refractivity (Wildman–Crippen MR) is 56.8 cm³/mol. The Labute approximate surface area is 82.5 Å². The van der Waals surface area contributed by atoms with E-state index in [-0.39, 0.29) is 0 Å². The van der Waals surface area contributed by atoms with Crippen LogP contribution in [0.1, 0.15) is 53.4 Å². The molecule has 1 heteroatoms. The minimum atomic E-state index is 0.395. The van der Waals surface area contributed by atoms with E-state index in [4.69, 9.17) is 0 Å². The summed E-state index contributed by atoms with van der Waals surface area (Å²) in [6, 6.07) is 1.79. The highest BCUT2D eigenvalue weighted by molar-refractivity contribution is 4.99. The second-order valence-electron chi connectivity index (χ2n) is 6.04. The molecule has 76 valence electrons. The van der Waals surface area contributed by atoms with Crippen molar-refractivity contribution in [3.8, 4) is 0 Å². The zero-order chi connectivity index (χ0) is 9.64. The molecule has 0 N–H and O–H groups in total. The maximum absolute atomic E-state index is 2.78. The second kappa shape index (κ2) is 2.98. The van der Waals surface area contributed by atoms with Crippen LogP contribution in [0.4, 0.5) is 0 Å². The molecule has 0 radical (unpaired) electrons. The maximum atomic E-state index is 2.78. The molecule has 2 aliphatic rings. The molecule has 2 aliphatic heterocycles. The maximum Gasteiger partial charge on any atom is 0.0130 e. The SMILES string of the molecule is C[C@H]1C[C@H]2CC[C@@H](C1)N2C(C)(C)C. The minimum Gasteiger partial charge on any atom is -0.293 e. The third kappa shape index (κ3) is 1.63. The van der Waals surface area contributed by atoms with Crippen molar-refractivity contribution in [3.05, 3.63) is 0 Å². The van der Waals surface area contributed by atoms with E-state index in [0.717, 1.165) is 18.0 Å². The molecule has 2 rings (SSSR count). The Hall–Kier alpha value is -0.0400. The van der Waals surface area contributed by atoms with Crippen molar-refractivity contribution >= 4 is 0 Å². The van der Waals surface area contributed by atoms with Gasteiger partial charge in [0.25, 0.3) is 0 Å². The molecule has 2 saturated heterocycles. The van der Waals surface area contributed by atoms with Gasteiger partial charge in [-0.1, -0.05) is 6.92 Å². The highest BCUT2D eigenvalue weighted by atomic mass is 15.3. The normalized spacial score (nSPS) is 41.1. The average Bonchev–Trinajstić information content (AvgIpc) is 2.23. The van der Waals surface area contributed by atoms with Crippen LogP contribution in [0, 0.1) is 5.92 Å². The number of fused-ring (bicyclic) bond motifs is 2. The van der Waals surface area contributed by atoms with Gasteiger partial charge in [0.05, 0.1) is 0 Å². The number of rotatable bonds is 0. The summed E-state index contributed by atoms with van der Waals surface area (Å²) in [5.41, 5.74) is 0.395. The van der Waals surface area contributed by atoms with Crippen LogP contribution in [0.3, 0.4) is 0 Å². The van der Waals surface area contributed by atoms with Gasteiger partial charge in [-0.25, -0.2) is 0 Å². The summed E-state index contributed by atoms with van der Waals surface area (Å²) in [6.07, 6.45) is 5.78. The van der Waals surface area contributed by atoms with Crippen molar-refractivity contribution in [1.82, 2.24) is 4.90 Å². The molecule has 1 nitrogen and oxygen atoms in total. The van der Waals surface area contributed by atoms with E-state index in [1.54, 1.807) is 0 Å². The molecule has 0 aromatic rings. The fourth-order valence-corrected chi connectivity index (χ4v) is 3.54. The first-order chi connectivity index (χ1) is 5.98. The summed E-state index contributed by atoms with van der Waals surface area (Å²) < 4.78 is 0. The first-order valence-electron chi connectivity index (χ1n) is 5.77. The molecule has 2 bridgehead atoms. The fourth-order valence-electron chi connectivity index (χ4n) is 3.54. The molecule has 0 saturated carbocycles. The van der Waals surface area contributed by atoms with Crippen molar-refractivity contribution in [3.63, 3.8) is 0 Å². The van der Waals surface area contributed by atoms with E-state index in [9.17, 15) is 0 Å². The molecule has 13 heavy (non-hydrogen) atoms. The Morgan fingerprint density at radius 1 is 1.00 bits per heavy atom. The predicted octanol–water partition coefficient (Wildman–Crippen LogP) is 3.05. The monoisotopic (exact) mass is 181 g/mol. The molecule has 0 aromatic carbocycles. The second-order valence-corrected chi connectivity index (χ2v) is 6.04. The summed E-state index contributed by atoms with van der Waals surface area (Å²) in [5, 5.41) is 0. The van der Waals surface area contributed by atoms with Crippen molar-refractivity contribution in [2.45, 2.75) is 71.0 Å². The van der Waals surface area contributed by atoms with Crippen LogP contribution >= 0.6 is 0 Å². The highest BCUT2D eigenvalue weighted by Crippen LogP contribution is 2.42. The lowest BCUT2D eigenvalue weighted by Gasteiger charge is -2.46. The molecule has 3 atom stereocenters. The van der Waals surface area contributed by atoms with E-state index in [2.05, 4.69) is 32.6 Å². The van der Waals surface area contributed by atoms with Gasteiger partial charge < -0.3 is 0 Å². The lowest BCUT2D eigenvalue weighted by atomic mass is 9.88. The summed E-state index contributed by atoms with van der Waals surface area (Å²) in [7, 11) is 0. The zero-order valence-electron chi connectivity index (χ0n) is 9.51. The van der Waals surface area contributed by atoms with Gasteiger partial charge in [0.15, 0.2) is 0 Å². The Morgan fingerprint density at radius 3 is 1.85 bits per heavy atom. The number of hydrogen-bond donors (Lipinski definition) is 0. The summed E-state index contributed by atoms with van der Waals surface area (Å²) in [5.74, 6) is 0.969. The Bertz CT molecular complexity index is 178. The van der Waals surface area contributed by atoms with Crippen LogP contribution in [-0.2, 0) is 0 Å². The van der Waals surface area contributed by atoms with E-state index in [1.165, 1.54) is 25.7 Å². The van der Waals surface area contributed by atoms with Gasteiger partial charge in [-0.3, -0.25) is 4.90 Å². The molecule has 2 fully saturated rings. The molecule has 0 unspecified atom stereocenters. The summed E-state index contributed by atoms with van der Waals surface area (Å²) in [6.45, 7) is 9.53. The zero-order valence-corrected chi connectivity index (χ0v) is 9.51. The van der Waals surface area contributed by atoms with E-state index < -0.39 is 0 Å². The number of nitrogens with zero attached hydrogens (tertiary/aromatic N) is 1. The molecule has 0 aliphatic carbocycles. The van der Waals surface area contributed by atoms with Gasteiger partial charge in [0.2, 0.25) is 0 Å². The number of hydrogen-bond acceptors (Lipinski definition) is 1. The van der Waals surface area contributed by atoms with Gasteiger partial charge >= 0.3 is 0 Å². The Kier molecular flexibility index (Phi) is 2.18. The van der Waals surface area contributed by atoms with Crippen molar-refractivity contribution in [2.24, 2.45) is 5.92 Å².